The Morgan fingerprint density at radius 2 is 2.62 bits per heavy atom. The van der Waals surface area contributed by atoms with E-state index < -0.39 is 0 Å². The summed E-state index contributed by atoms with van der Waals surface area (Å²) in [6, 6.07) is 0.417. The molecular formula is C9H16N4. The van der Waals surface area contributed by atoms with Crippen molar-refractivity contribution in [1.29, 1.82) is 0 Å². The Morgan fingerprint density at radius 3 is 3.38 bits per heavy atom. The first-order chi connectivity index (χ1) is 6.33. The van der Waals surface area contributed by atoms with Crippen molar-refractivity contribution in [3.8, 4) is 0 Å². The zero-order chi connectivity index (χ0) is 9.26. The second-order valence-electron chi connectivity index (χ2n) is 3.59. The van der Waals surface area contributed by atoms with Gasteiger partial charge in [0.25, 0.3) is 0 Å². The van der Waals surface area contributed by atoms with E-state index in [-0.39, 0.29) is 0 Å². The highest BCUT2D eigenvalue weighted by Crippen LogP contribution is 2.27. The number of hydrogen-bond acceptors (Lipinski definition) is 3. The van der Waals surface area contributed by atoms with Crippen molar-refractivity contribution in [1.82, 2.24) is 14.9 Å². The third kappa shape index (κ3) is 1.47. The third-order valence-corrected chi connectivity index (χ3v) is 2.75. The molecule has 1 unspecified atom stereocenters. The molecule has 4 heteroatoms. The average Bonchev–Trinajstić information content (AvgIpc) is 2.58. The monoisotopic (exact) mass is 180 g/mol. The molecule has 2 rings (SSSR count). The minimum Gasteiger partial charge on any atom is -0.348 e. The number of H-pyrrole nitrogens is 1. The molecule has 3 N–H and O–H groups in total. The fourth-order valence-electron chi connectivity index (χ4n) is 1.99. The molecule has 4 nitrogen and oxygen atoms in total. The zero-order valence-corrected chi connectivity index (χ0v) is 7.95. The first kappa shape index (κ1) is 8.72. The van der Waals surface area contributed by atoms with E-state index in [9.17, 15) is 0 Å². The number of rotatable bonds is 2. The molecule has 0 aromatic carbocycles. The van der Waals surface area contributed by atoms with E-state index in [1.165, 1.54) is 11.4 Å². The van der Waals surface area contributed by atoms with Gasteiger partial charge in [0.2, 0.25) is 0 Å². The molecule has 1 aliphatic rings. The van der Waals surface area contributed by atoms with Crippen LogP contribution in [0.15, 0.2) is 6.33 Å². The zero-order valence-electron chi connectivity index (χ0n) is 7.95. The standard InChI is InChI=1S/C9H16N4/c1-13-5-3-7-9(12-6-11-7)8(13)2-4-10/h6,8H,2-5,10H2,1H3,(H,11,12). The molecule has 2 heterocycles. The molecule has 0 saturated carbocycles. The van der Waals surface area contributed by atoms with Gasteiger partial charge in [-0.3, -0.25) is 4.90 Å². The Morgan fingerprint density at radius 1 is 1.77 bits per heavy atom. The molecular weight excluding hydrogens is 164 g/mol. The number of likely N-dealkylation sites (N-methyl/N-ethyl adjacent to an activating group) is 1. The lowest BCUT2D eigenvalue weighted by Gasteiger charge is -2.31. The maximum atomic E-state index is 5.58. The molecule has 0 amide bonds. The Bertz CT molecular complexity index is 281. The van der Waals surface area contributed by atoms with Gasteiger partial charge in [0.1, 0.15) is 0 Å². The first-order valence-electron chi connectivity index (χ1n) is 4.75. The number of nitrogens with one attached hydrogen (secondary N) is 1. The molecule has 0 radical (unpaired) electrons. The maximum Gasteiger partial charge on any atom is 0.0925 e. The van der Waals surface area contributed by atoms with E-state index in [1.54, 1.807) is 6.33 Å². The van der Waals surface area contributed by atoms with Crippen LogP contribution in [0.2, 0.25) is 0 Å². The lowest BCUT2D eigenvalue weighted by Crippen LogP contribution is -2.33. The topological polar surface area (TPSA) is 57.9 Å². The first-order valence-corrected chi connectivity index (χ1v) is 4.75. The largest absolute Gasteiger partial charge is 0.348 e. The number of aromatic nitrogens is 2. The van der Waals surface area contributed by atoms with Gasteiger partial charge in [-0.2, -0.15) is 0 Å². The minimum absolute atomic E-state index is 0.417. The van der Waals surface area contributed by atoms with Crippen LogP contribution >= 0.6 is 0 Å². The van der Waals surface area contributed by atoms with E-state index in [2.05, 4.69) is 21.9 Å². The van der Waals surface area contributed by atoms with Crippen LogP contribution in [0.5, 0.6) is 0 Å². The van der Waals surface area contributed by atoms with Gasteiger partial charge in [0.05, 0.1) is 18.1 Å². The van der Waals surface area contributed by atoms with Crippen molar-refractivity contribution in [3.05, 3.63) is 17.7 Å². The number of aromatic amines is 1. The van der Waals surface area contributed by atoms with Crippen molar-refractivity contribution >= 4 is 0 Å². The van der Waals surface area contributed by atoms with Gasteiger partial charge in [-0.15, -0.1) is 0 Å². The van der Waals surface area contributed by atoms with Crippen LogP contribution in [0, 0.1) is 0 Å². The lowest BCUT2D eigenvalue weighted by molar-refractivity contribution is 0.216. The van der Waals surface area contributed by atoms with E-state index in [1.807, 2.05) is 0 Å². The van der Waals surface area contributed by atoms with Crippen molar-refractivity contribution in [3.63, 3.8) is 0 Å². The number of fused-ring (bicyclic) bond motifs is 1. The van der Waals surface area contributed by atoms with Crippen molar-refractivity contribution in [2.75, 3.05) is 20.1 Å². The van der Waals surface area contributed by atoms with Gasteiger partial charge < -0.3 is 10.7 Å². The van der Waals surface area contributed by atoms with Crippen LogP contribution in [-0.4, -0.2) is 35.0 Å². The molecule has 0 bridgehead atoms. The molecule has 0 spiro atoms. The van der Waals surface area contributed by atoms with Crippen LogP contribution < -0.4 is 5.73 Å². The Labute approximate surface area is 78.1 Å². The smallest absolute Gasteiger partial charge is 0.0925 e. The highest BCUT2D eigenvalue weighted by molar-refractivity contribution is 5.19. The fraction of sp³-hybridized carbons (Fsp3) is 0.667. The molecule has 1 aliphatic heterocycles. The summed E-state index contributed by atoms with van der Waals surface area (Å²) in [6.07, 6.45) is 3.86. The Hall–Kier alpha value is -0.870. The average molecular weight is 180 g/mol. The highest BCUT2D eigenvalue weighted by atomic mass is 15.2. The predicted molar refractivity (Wildman–Crippen MR) is 51.3 cm³/mol. The van der Waals surface area contributed by atoms with Crippen LogP contribution in [0.3, 0.4) is 0 Å². The Balaban J connectivity index is 2.25. The molecule has 13 heavy (non-hydrogen) atoms. The molecule has 0 aliphatic carbocycles. The Kier molecular flexibility index (Phi) is 2.33. The summed E-state index contributed by atoms with van der Waals surface area (Å²) in [7, 11) is 2.14. The van der Waals surface area contributed by atoms with Gasteiger partial charge in [0.15, 0.2) is 0 Å². The summed E-state index contributed by atoms with van der Waals surface area (Å²) in [4.78, 5) is 9.87. The van der Waals surface area contributed by atoms with Crippen LogP contribution in [0.4, 0.5) is 0 Å². The summed E-state index contributed by atoms with van der Waals surface area (Å²) in [5.74, 6) is 0. The van der Waals surface area contributed by atoms with Gasteiger partial charge in [-0.1, -0.05) is 0 Å². The van der Waals surface area contributed by atoms with Crippen LogP contribution in [0.25, 0.3) is 0 Å². The quantitative estimate of drug-likeness (QED) is 0.687. The summed E-state index contributed by atoms with van der Waals surface area (Å²) in [5.41, 5.74) is 8.06. The summed E-state index contributed by atoms with van der Waals surface area (Å²) in [6.45, 7) is 1.82. The molecule has 1 aromatic rings. The summed E-state index contributed by atoms with van der Waals surface area (Å²) in [5, 5.41) is 0. The summed E-state index contributed by atoms with van der Waals surface area (Å²) >= 11 is 0. The highest BCUT2D eigenvalue weighted by Gasteiger charge is 2.25. The number of hydrogen-bond donors (Lipinski definition) is 2. The number of nitrogens with two attached hydrogens (primary N) is 1. The third-order valence-electron chi connectivity index (χ3n) is 2.75. The molecule has 1 atom stereocenters. The lowest BCUT2D eigenvalue weighted by atomic mass is 10.0. The van der Waals surface area contributed by atoms with Crippen LogP contribution in [0.1, 0.15) is 23.9 Å². The number of imidazole rings is 1. The SMILES string of the molecule is CN1CCc2[nH]cnc2C1CCN. The molecule has 72 valence electrons. The predicted octanol–water partition coefficient (Wildman–Crippen LogP) is 0.287. The van der Waals surface area contributed by atoms with Gasteiger partial charge in [-0.05, 0) is 20.0 Å². The number of nitrogens with zero attached hydrogens (tertiary/aromatic N) is 2. The summed E-state index contributed by atoms with van der Waals surface area (Å²) < 4.78 is 0. The molecule has 1 aromatic heterocycles. The van der Waals surface area contributed by atoms with E-state index >= 15 is 0 Å². The van der Waals surface area contributed by atoms with Crippen molar-refractivity contribution < 1.29 is 0 Å². The van der Waals surface area contributed by atoms with Gasteiger partial charge in [-0.25, -0.2) is 4.98 Å². The normalized spacial score (nSPS) is 23.1. The van der Waals surface area contributed by atoms with E-state index in [0.29, 0.717) is 6.04 Å². The van der Waals surface area contributed by atoms with Crippen LogP contribution in [-0.2, 0) is 6.42 Å². The van der Waals surface area contributed by atoms with E-state index in [4.69, 9.17) is 5.73 Å². The van der Waals surface area contributed by atoms with Crippen molar-refractivity contribution in [2.45, 2.75) is 18.9 Å². The maximum absolute atomic E-state index is 5.58. The fourth-order valence-corrected chi connectivity index (χ4v) is 1.99. The van der Waals surface area contributed by atoms with Crippen molar-refractivity contribution in [2.24, 2.45) is 5.73 Å². The van der Waals surface area contributed by atoms with Gasteiger partial charge in [0, 0.05) is 18.7 Å². The van der Waals surface area contributed by atoms with Gasteiger partial charge >= 0.3 is 0 Å². The molecule has 0 fully saturated rings. The second kappa shape index (κ2) is 3.47. The van der Waals surface area contributed by atoms with E-state index in [0.717, 1.165) is 25.9 Å². The molecule has 0 saturated heterocycles. The minimum atomic E-state index is 0.417. The second-order valence-corrected chi connectivity index (χ2v) is 3.59.